The van der Waals surface area contributed by atoms with E-state index in [2.05, 4.69) is 0 Å². The van der Waals surface area contributed by atoms with E-state index in [1.807, 2.05) is 0 Å². The first-order chi connectivity index (χ1) is 6.63. The maximum atomic E-state index is 9.76. The van der Waals surface area contributed by atoms with E-state index >= 15 is 0 Å². The lowest BCUT2D eigenvalue weighted by Gasteiger charge is -2.09. The van der Waals surface area contributed by atoms with E-state index in [0.717, 1.165) is 11.1 Å². The quantitative estimate of drug-likeness (QED) is 0.781. The summed E-state index contributed by atoms with van der Waals surface area (Å²) in [7, 11) is 0. The first-order valence-electron chi connectivity index (χ1n) is 4.50. The molecule has 0 saturated heterocycles. The van der Waals surface area contributed by atoms with Gasteiger partial charge in [-0.15, -0.1) is 0 Å². The van der Waals surface area contributed by atoms with Crippen molar-refractivity contribution in [3.05, 3.63) is 33.3 Å². The van der Waals surface area contributed by atoms with Crippen LogP contribution < -0.4 is 5.73 Å². The van der Waals surface area contributed by atoms with Gasteiger partial charge in [0.2, 0.25) is 0 Å². The first kappa shape index (κ1) is 10.2. The van der Waals surface area contributed by atoms with Crippen LogP contribution in [0.2, 0.25) is 10.0 Å². The van der Waals surface area contributed by atoms with E-state index in [0.29, 0.717) is 23.0 Å². The highest BCUT2D eigenvalue weighted by Crippen LogP contribution is 2.44. The Morgan fingerprint density at radius 2 is 2.14 bits per heavy atom. The molecule has 3 N–H and O–H groups in total. The Kier molecular flexibility index (Phi) is 2.71. The summed E-state index contributed by atoms with van der Waals surface area (Å²) in [5, 5.41) is 10.9. The van der Waals surface area contributed by atoms with Gasteiger partial charge in [0.25, 0.3) is 0 Å². The van der Waals surface area contributed by atoms with Gasteiger partial charge in [-0.2, -0.15) is 0 Å². The van der Waals surface area contributed by atoms with Crippen LogP contribution in [0.4, 0.5) is 0 Å². The summed E-state index contributed by atoms with van der Waals surface area (Å²) in [6.45, 7) is 0.505. The molecule has 0 amide bonds. The van der Waals surface area contributed by atoms with E-state index in [1.165, 1.54) is 0 Å². The van der Waals surface area contributed by atoms with Crippen LogP contribution in [0.15, 0.2) is 12.1 Å². The standard InChI is InChI=1S/C10H11Cl2NO/c11-6-2-7-9(14)1-5(4-13)10(7)8(12)3-6/h2-3,5,9,14H,1,4,13H2. The maximum Gasteiger partial charge on any atom is 0.0800 e. The van der Waals surface area contributed by atoms with E-state index in [9.17, 15) is 5.11 Å². The molecule has 0 radical (unpaired) electrons. The molecule has 2 atom stereocenters. The average Bonchev–Trinajstić information content (AvgIpc) is 2.43. The van der Waals surface area contributed by atoms with Crippen LogP contribution in [0.25, 0.3) is 0 Å². The highest BCUT2D eigenvalue weighted by atomic mass is 35.5. The molecule has 2 rings (SSSR count). The number of benzene rings is 1. The third-order valence-corrected chi connectivity index (χ3v) is 3.22. The third-order valence-electron chi connectivity index (χ3n) is 2.69. The van der Waals surface area contributed by atoms with Crippen LogP contribution in [0.1, 0.15) is 29.6 Å². The van der Waals surface area contributed by atoms with Crippen molar-refractivity contribution in [3.63, 3.8) is 0 Å². The van der Waals surface area contributed by atoms with Gasteiger partial charge in [-0.05, 0) is 36.2 Å². The maximum absolute atomic E-state index is 9.76. The smallest absolute Gasteiger partial charge is 0.0800 e. The lowest BCUT2D eigenvalue weighted by molar-refractivity contribution is 0.173. The highest BCUT2D eigenvalue weighted by molar-refractivity contribution is 6.35. The fourth-order valence-corrected chi connectivity index (χ4v) is 2.70. The van der Waals surface area contributed by atoms with E-state index in [1.54, 1.807) is 12.1 Å². The van der Waals surface area contributed by atoms with Crippen LogP contribution in [-0.2, 0) is 0 Å². The zero-order valence-corrected chi connectivity index (χ0v) is 9.02. The molecule has 0 spiro atoms. The Hall–Kier alpha value is -0.280. The Labute approximate surface area is 92.6 Å². The van der Waals surface area contributed by atoms with Gasteiger partial charge < -0.3 is 10.8 Å². The van der Waals surface area contributed by atoms with Gasteiger partial charge in [0.15, 0.2) is 0 Å². The van der Waals surface area contributed by atoms with Gasteiger partial charge in [-0.1, -0.05) is 23.2 Å². The summed E-state index contributed by atoms with van der Waals surface area (Å²) in [5.41, 5.74) is 7.41. The molecule has 76 valence electrons. The molecule has 2 nitrogen and oxygen atoms in total. The fraction of sp³-hybridized carbons (Fsp3) is 0.400. The minimum absolute atomic E-state index is 0.157. The molecule has 0 saturated carbocycles. The summed E-state index contributed by atoms with van der Waals surface area (Å²) >= 11 is 11.9. The molecule has 1 aliphatic carbocycles. The monoisotopic (exact) mass is 231 g/mol. The Morgan fingerprint density at radius 1 is 1.43 bits per heavy atom. The van der Waals surface area contributed by atoms with Gasteiger partial charge in [-0.25, -0.2) is 0 Å². The van der Waals surface area contributed by atoms with Gasteiger partial charge in [0.05, 0.1) is 6.10 Å². The van der Waals surface area contributed by atoms with Crippen molar-refractivity contribution >= 4 is 23.2 Å². The van der Waals surface area contributed by atoms with Gasteiger partial charge in [0, 0.05) is 16.0 Å². The van der Waals surface area contributed by atoms with E-state index in [-0.39, 0.29) is 5.92 Å². The average molecular weight is 232 g/mol. The molecule has 1 aromatic rings. The summed E-state index contributed by atoms with van der Waals surface area (Å²) in [6, 6.07) is 3.46. The molecular formula is C10H11Cl2NO. The predicted octanol–water partition coefficient (Wildman–Crippen LogP) is 2.47. The molecule has 14 heavy (non-hydrogen) atoms. The van der Waals surface area contributed by atoms with Gasteiger partial charge in [0.1, 0.15) is 0 Å². The van der Waals surface area contributed by atoms with Crippen molar-refractivity contribution in [2.75, 3.05) is 6.54 Å². The number of hydrogen-bond acceptors (Lipinski definition) is 2. The lowest BCUT2D eigenvalue weighted by atomic mass is 10.0. The molecule has 0 heterocycles. The second-order valence-corrected chi connectivity index (χ2v) is 4.42. The Balaban J connectivity index is 2.56. The molecule has 4 heteroatoms. The number of aliphatic hydroxyl groups excluding tert-OH is 1. The van der Waals surface area contributed by atoms with Crippen molar-refractivity contribution in [2.24, 2.45) is 5.73 Å². The first-order valence-corrected chi connectivity index (χ1v) is 5.26. The van der Waals surface area contributed by atoms with Crippen LogP contribution in [0.5, 0.6) is 0 Å². The zero-order chi connectivity index (χ0) is 10.3. The molecule has 0 fully saturated rings. The number of rotatable bonds is 1. The summed E-state index contributed by atoms with van der Waals surface area (Å²) < 4.78 is 0. The van der Waals surface area contributed by atoms with Crippen LogP contribution >= 0.6 is 23.2 Å². The van der Waals surface area contributed by atoms with Crippen LogP contribution in [0, 0.1) is 0 Å². The highest BCUT2D eigenvalue weighted by Gasteiger charge is 2.31. The minimum Gasteiger partial charge on any atom is -0.388 e. The normalized spacial score (nSPS) is 25.1. The van der Waals surface area contributed by atoms with Crippen molar-refractivity contribution in [1.29, 1.82) is 0 Å². The number of hydrogen-bond donors (Lipinski definition) is 2. The van der Waals surface area contributed by atoms with Crippen LogP contribution in [0.3, 0.4) is 0 Å². The largest absolute Gasteiger partial charge is 0.388 e. The Morgan fingerprint density at radius 3 is 2.79 bits per heavy atom. The zero-order valence-electron chi connectivity index (χ0n) is 7.50. The fourth-order valence-electron chi connectivity index (χ4n) is 2.04. The van der Waals surface area contributed by atoms with Crippen molar-refractivity contribution in [1.82, 2.24) is 0 Å². The number of nitrogens with two attached hydrogens (primary N) is 1. The third kappa shape index (κ3) is 1.52. The van der Waals surface area contributed by atoms with E-state index in [4.69, 9.17) is 28.9 Å². The SMILES string of the molecule is NCC1CC(O)c2cc(Cl)cc(Cl)c21. The van der Waals surface area contributed by atoms with Crippen molar-refractivity contribution < 1.29 is 5.11 Å². The summed E-state index contributed by atoms with van der Waals surface area (Å²) in [5.74, 6) is 0.157. The Bertz CT molecular complexity index is 367. The predicted molar refractivity (Wildman–Crippen MR) is 57.8 cm³/mol. The molecule has 0 bridgehead atoms. The second-order valence-electron chi connectivity index (χ2n) is 3.57. The van der Waals surface area contributed by atoms with Gasteiger partial charge >= 0.3 is 0 Å². The van der Waals surface area contributed by atoms with Crippen LogP contribution in [-0.4, -0.2) is 11.7 Å². The second kappa shape index (κ2) is 3.70. The number of aliphatic hydroxyl groups is 1. The van der Waals surface area contributed by atoms with Gasteiger partial charge in [-0.3, -0.25) is 0 Å². The number of fused-ring (bicyclic) bond motifs is 1. The number of halogens is 2. The molecular weight excluding hydrogens is 221 g/mol. The molecule has 0 aromatic heterocycles. The summed E-state index contributed by atoms with van der Waals surface area (Å²) in [4.78, 5) is 0. The topological polar surface area (TPSA) is 46.2 Å². The molecule has 0 aliphatic heterocycles. The van der Waals surface area contributed by atoms with Crippen molar-refractivity contribution in [2.45, 2.75) is 18.4 Å². The van der Waals surface area contributed by atoms with Crippen molar-refractivity contribution in [3.8, 4) is 0 Å². The van der Waals surface area contributed by atoms with E-state index < -0.39 is 6.10 Å². The minimum atomic E-state index is -0.477. The summed E-state index contributed by atoms with van der Waals surface area (Å²) in [6.07, 6.45) is 0.168. The molecule has 2 unspecified atom stereocenters. The lowest BCUT2D eigenvalue weighted by Crippen LogP contribution is -2.09. The molecule has 1 aliphatic rings. The molecule has 1 aromatic carbocycles.